The minimum Gasteiger partial charge on any atom is -1.00 e. The maximum absolute atomic E-state index is 11.7. The lowest BCUT2D eigenvalue weighted by molar-refractivity contribution is -0.0000202. The van der Waals surface area contributed by atoms with Gasteiger partial charge in [-0.25, -0.2) is 4.79 Å². The Bertz CT molecular complexity index is 928. The van der Waals surface area contributed by atoms with Gasteiger partial charge in [-0.15, -0.1) is 0 Å². The van der Waals surface area contributed by atoms with Gasteiger partial charge in [0.15, 0.2) is 0 Å². The molecule has 1 heterocycles. The highest BCUT2D eigenvalue weighted by Gasteiger charge is 2.09. The van der Waals surface area contributed by atoms with Crippen molar-refractivity contribution in [3.63, 3.8) is 0 Å². The number of aryl methyl sites for hydroxylation is 1. The number of rotatable bonds is 5. The van der Waals surface area contributed by atoms with E-state index in [1.807, 2.05) is 50.2 Å². The van der Waals surface area contributed by atoms with Gasteiger partial charge >= 0.3 is 5.97 Å². The molecule has 26 heavy (non-hydrogen) atoms. The van der Waals surface area contributed by atoms with Crippen LogP contribution >= 0.6 is 0 Å². The number of nitrogens with zero attached hydrogens (tertiary/aromatic N) is 1. The number of aromatic nitrogens is 1. The molecule has 1 aromatic heterocycles. The van der Waals surface area contributed by atoms with Gasteiger partial charge in [-0.1, -0.05) is 6.07 Å². The van der Waals surface area contributed by atoms with Crippen molar-refractivity contribution >= 4 is 28.2 Å². The Hall–Kier alpha value is -2.79. The minimum atomic E-state index is -0.363. The Morgan fingerprint density at radius 2 is 1.96 bits per heavy atom. The summed E-state index contributed by atoms with van der Waals surface area (Å²) in [6, 6.07) is 15.0. The van der Waals surface area contributed by atoms with Crippen molar-refractivity contribution in [1.82, 2.24) is 4.98 Å². The summed E-state index contributed by atoms with van der Waals surface area (Å²) < 4.78 is 10.4. The van der Waals surface area contributed by atoms with E-state index in [-0.39, 0.29) is 18.4 Å². The number of halogens is 1. The van der Waals surface area contributed by atoms with Gasteiger partial charge < -0.3 is 27.2 Å². The number of methoxy groups -OCH3 is 1. The minimum absolute atomic E-state index is 0. The third-order valence-electron chi connectivity index (χ3n) is 3.78. The van der Waals surface area contributed by atoms with Crippen molar-refractivity contribution in [2.24, 2.45) is 0 Å². The lowest BCUT2D eigenvalue weighted by Crippen LogP contribution is -3.00. The number of benzene rings is 2. The monoisotopic (exact) mass is 371 g/mol. The third kappa shape index (κ3) is 4.24. The van der Waals surface area contributed by atoms with E-state index >= 15 is 0 Å². The van der Waals surface area contributed by atoms with E-state index in [4.69, 9.17) is 9.47 Å². The normalized spacial score (nSPS) is 10.1. The summed E-state index contributed by atoms with van der Waals surface area (Å²) in [6.45, 7) is 4.51. The molecule has 0 atom stereocenters. The number of fused-ring (bicyclic) bond motifs is 1. The zero-order valence-corrected chi connectivity index (χ0v) is 15.6. The number of carbonyl (C=O) groups is 1. The fourth-order valence-corrected chi connectivity index (χ4v) is 2.69. The zero-order valence-electron chi connectivity index (χ0n) is 14.9. The number of hydrogen-bond donors (Lipinski definition) is 1. The summed E-state index contributed by atoms with van der Waals surface area (Å²) in [5.74, 6) is 0.435. The van der Waals surface area contributed by atoms with Crippen LogP contribution in [0.3, 0.4) is 0 Å². The molecule has 0 bridgehead atoms. The number of hydrogen-bond acceptors (Lipinski definition) is 5. The summed E-state index contributed by atoms with van der Waals surface area (Å²) in [6.07, 6.45) is 0. The van der Waals surface area contributed by atoms with E-state index in [9.17, 15) is 4.79 Å². The largest absolute Gasteiger partial charge is 1.00 e. The molecule has 0 unspecified atom stereocenters. The second kappa shape index (κ2) is 8.54. The molecule has 0 amide bonds. The van der Waals surface area contributed by atoms with Crippen molar-refractivity contribution < 1.29 is 26.7 Å². The van der Waals surface area contributed by atoms with E-state index < -0.39 is 0 Å². The first-order valence-electron chi connectivity index (χ1n) is 8.10. The molecular weight excluding hydrogens is 352 g/mol. The average molecular weight is 372 g/mol. The van der Waals surface area contributed by atoms with Crippen LogP contribution < -0.4 is 22.5 Å². The van der Waals surface area contributed by atoms with Crippen LogP contribution in [0.1, 0.15) is 23.0 Å². The fourth-order valence-electron chi connectivity index (χ4n) is 2.69. The molecule has 1 N–H and O–H groups in total. The average Bonchev–Trinajstić information content (AvgIpc) is 2.62. The van der Waals surface area contributed by atoms with Crippen molar-refractivity contribution in [2.75, 3.05) is 19.0 Å². The first kappa shape index (κ1) is 19.5. The van der Waals surface area contributed by atoms with Gasteiger partial charge in [-0.2, -0.15) is 0 Å². The second-order valence-electron chi connectivity index (χ2n) is 5.62. The maximum atomic E-state index is 11.7. The number of carbonyl (C=O) groups excluding carboxylic acids is 1. The Balaban J connectivity index is 0.00000243. The van der Waals surface area contributed by atoms with E-state index in [1.54, 1.807) is 12.1 Å². The summed E-state index contributed by atoms with van der Waals surface area (Å²) in [7, 11) is 1.37. The standard InChI is InChI=1S/C20H20N2O3.ClH/c1-4-25-16-8-9-18-17(12-16)19(10-13(2)21-18)22-15-7-5-6-14(11-15)20(23)24-3;/h5-12H,4H2,1-3H3,(H,21,22);1H/p-1. The van der Waals surface area contributed by atoms with Gasteiger partial charge in [0.25, 0.3) is 0 Å². The number of anilines is 2. The van der Waals surface area contributed by atoms with Crippen LogP contribution in [-0.2, 0) is 4.74 Å². The number of esters is 1. The molecule has 0 saturated heterocycles. The van der Waals surface area contributed by atoms with Gasteiger partial charge in [-0.05, 0) is 56.3 Å². The topological polar surface area (TPSA) is 60.5 Å². The predicted octanol–water partition coefficient (Wildman–Crippen LogP) is 1.48. The summed E-state index contributed by atoms with van der Waals surface area (Å²) in [5, 5.41) is 4.33. The zero-order chi connectivity index (χ0) is 17.8. The molecule has 0 spiro atoms. The summed E-state index contributed by atoms with van der Waals surface area (Å²) in [4.78, 5) is 16.3. The first-order valence-corrected chi connectivity index (χ1v) is 8.10. The molecule has 0 saturated carbocycles. The van der Waals surface area contributed by atoms with E-state index in [2.05, 4.69) is 10.3 Å². The van der Waals surface area contributed by atoms with Gasteiger partial charge in [-0.3, -0.25) is 4.98 Å². The smallest absolute Gasteiger partial charge is 0.337 e. The molecule has 2 aromatic carbocycles. The summed E-state index contributed by atoms with van der Waals surface area (Å²) in [5.41, 5.74) is 4.00. The van der Waals surface area contributed by atoms with E-state index in [0.717, 1.165) is 33.7 Å². The van der Waals surface area contributed by atoms with Gasteiger partial charge in [0.05, 0.1) is 24.8 Å². The van der Waals surface area contributed by atoms with Gasteiger partial charge in [0, 0.05) is 22.5 Å². The Labute approximate surface area is 158 Å². The van der Waals surface area contributed by atoms with Crippen molar-refractivity contribution in [1.29, 1.82) is 0 Å². The molecule has 5 nitrogen and oxygen atoms in total. The highest BCUT2D eigenvalue weighted by Crippen LogP contribution is 2.30. The van der Waals surface area contributed by atoms with Gasteiger partial charge in [0.1, 0.15) is 5.75 Å². The van der Waals surface area contributed by atoms with Crippen LogP contribution in [0.25, 0.3) is 10.9 Å². The molecule has 0 aliphatic carbocycles. The van der Waals surface area contributed by atoms with Crippen LogP contribution in [0, 0.1) is 6.92 Å². The van der Waals surface area contributed by atoms with Crippen LogP contribution in [0.2, 0.25) is 0 Å². The first-order chi connectivity index (χ1) is 12.1. The quantitative estimate of drug-likeness (QED) is 0.688. The fraction of sp³-hybridized carbons (Fsp3) is 0.200. The van der Waals surface area contributed by atoms with Crippen molar-refractivity contribution in [3.05, 3.63) is 59.8 Å². The van der Waals surface area contributed by atoms with Crippen LogP contribution in [-0.4, -0.2) is 24.7 Å². The second-order valence-corrected chi connectivity index (χ2v) is 5.62. The lowest BCUT2D eigenvalue weighted by Gasteiger charge is -2.13. The van der Waals surface area contributed by atoms with Crippen molar-refractivity contribution in [3.8, 4) is 5.75 Å². The Kier molecular flexibility index (Phi) is 6.41. The number of ether oxygens (including phenoxy) is 2. The molecule has 3 aromatic rings. The number of pyridine rings is 1. The highest BCUT2D eigenvalue weighted by molar-refractivity contribution is 5.95. The number of nitrogens with one attached hydrogen (secondary N) is 1. The molecule has 136 valence electrons. The molecular formula is C20H20ClN2O3-. The molecule has 3 rings (SSSR count). The molecule has 6 heteroatoms. The Morgan fingerprint density at radius 3 is 2.69 bits per heavy atom. The summed E-state index contributed by atoms with van der Waals surface area (Å²) >= 11 is 0. The SMILES string of the molecule is CCOc1ccc2nc(C)cc(Nc3cccc(C(=O)OC)c3)c2c1.[Cl-]. The Morgan fingerprint density at radius 1 is 1.15 bits per heavy atom. The van der Waals surface area contributed by atoms with E-state index in [1.165, 1.54) is 7.11 Å². The van der Waals surface area contributed by atoms with E-state index in [0.29, 0.717) is 12.2 Å². The van der Waals surface area contributed by atoms with Gasteiger partial charge in [0.2, 0.25) is 0 Å². The van der Waals surface area contributed by atoms with Crippen molar-refractivity contribution in [2.45, 2.75) is 13.8 Å². The van der Waals surface area contributed by atoms with Crippen LogP contribution in [0.15, 0.2) is 48.5 Å². The third-order valence-corrected chi connectivity index (χ3v) is 3.78. The molecule has 0 fully saturated rings. The van der Waals surface area contributed by atoms with Crippen LogP contribution in [0.4, 0.5) is 11.4 Å². The lowest BCUT2D eigenvalue weighted by atomic mass is 10.1. The predicted molar refractivity (Wildman–Crippen MR) is 98.7 cm³/mol. The molecule has 0 aliphatic rings. The molecule has 0 aliphatic heterocycles. The highest BCUT2D eigenvalue weighted by atomic mass is 35.5. The maximum Gasteiger partial charge on any atom is 0.337 e. The molecule has 0 radical (unpaired) electrons. The van der Waals surface area contributed by atoms with Crippen LogP contribution in [0.5, 0.6) is 5.75 Å².